The Balaban J connectivity index is 2.37. The lowest BCUT2D eigenvalue weighted by molar-refractivity contribution is 0.182. The summed E-state index contributed by atoms with van der Waals surface area (Å²) in [5, 5.41) is 8.46. The Morgan fingerprint density at radius 3 is 2.50 bits per heavy atom. The number of nitrogens with one attached hydrogen (secondary N) is 1. The van der Waals surface area contributed by atoms with Gasteiger partial charge in [0.05, 0.1) is 17.2 Å². The molecule has 0 amide bonds. The molecule has 0 aliphatic rings. The summed E-state index contributed by atoms with van der Waals surface area (Å²) in [5.74, 6) is 0.0331. The van der Waals surface area contributed by atoms with E-state index in [1.807, 2.05) is 43.3 Å². The highest BCUT2D eigenvalue weighted by atomic mass is 32.1. The van der Waals surface area contributed by atoms with Crippen LogP contribution in [0.25, 0.3) is 10.6 Å². The van der Waals surface area contributed by atoms with E-state index < -0.39 is 0 Å². The van der Waals surface area contributed by atoms with Crippen LogP contribution in [0.15, 0.2) is 24.3 Å². The summed E-state index contributed by atoms with van der Waals surface area (Å²) in [6, 6.07) is 8.13. The predicted molar refractivity (Wildman–Crippen MR) is 83.6 cm³/mol. The predicted octanol–water partition coefficient (Wildman–Crippen LogP) is 2.31. The molecule has 0 spiro atoms. The minimum atomic E-state index is 0.0331. The van der Waals surface area contributed by atoms with E-state index in [1.165, 1.54) is 11.3 Å². The number of thiazole rings is 1. The molecule has 6 heteroatoms. The molecule has 0 unspecified atom stereocenters. The van der Waals surface area contributed by atoms with E-state index in [-0.39, 0.29) is 5.84 Å². The Morgan fingerprint density at radius 1 is 1.35 bits per heavy atom. The van der Waals surface area contributed by atoms with Crippen molar-refractivity contribution in [2.45, 2.75) is 6.61 Å². The number of aromatic nitrogens is 1. The largest absolute Gasteiger partial charge is 0.383 e. The molecule has 1 aromatic carbocycles. The Kier molecular flexibility index (Phi) is 4.36. The summed E-state index contributed by atoms with van der Waals surface area (Å²) in [5.41, 5.74) is 8.46. The first-order valence-electron chi connectivity index (χ1n) is 6.13. The van der Waals surface area contributed by atoms with Gasteiger partial charge in [0.25, 0.3) is 0 Å². The Morgan fingerprint density at radius 2 is 2.00 bits per heavy atom. The molecule has 106 valence electrons. The van der Waals surface area contributed by atoms with Gasteiger partial charge in [0, 0.05) is 32.5 Å². The fourth-order valence-electron chi connectivity index (χ4n) is 1.82. The molecule has 3 N–H and O–H groups in total. The second-order valence-electron chi connectivity index (χ2n) is 4.58. The van der Waals surface area contributed by atoms with Gasteiger partial charge in [-0.3, -0.25) is 5.41 Å². The van der Waals surface area contributed by atoms with Gasteiger partial charge in [0.2, 0.25) is 0 Å². The van der Waals surface area contributed by atoms with Crippen molar-refractivity contribution in [2.75, 3.05) is 26.1 Å². The molecule has 0 radical (unpaired) electrons. The number of nitrogens with two attached hydrogens (primary N) is 1. The molecule has 0 aliphatic carbocycles. The van der Waals surface area contributed by atoms with E-state index in [0.717, 1.165) is 22.0 Å². The maximum atomic E-state index is 7.61. The standard InChI is InChI=1S/C14H18N4OS/c1-18(2)10-6-4-9(5-7-10)14-17-11(8-19-3)12(20-14)13(15)16/h4-7H,8H2,1-3H3,(H3,15,16). The van der Waals surface area contributed by atoms with E-state index >= 15 is 0 Å². The highest BCUT2D eigenvalue weighted by molar-refractivity contribution is 7.17. The summed E-state index contributed by atoms with van der Waals surface area (Å²) in [4.78, 5) is 7.25. The maximum Gasteiger partial charge on any atom is 0.135 e. The number of nitrogen functional groups attached to an aromatic ring is 1. The topological polar surface area (TPSA) is 75.2 Å². The monoisotopic (exact) mass is 290 g/mol. The Labute approximate surface area is 122 Å². The average molecular weight is 290 g/mol. The van der Waals surface area contributed by atoms with E-state index in [9.17, 15) is 0 Å². The van der Waals surface area contributed by atoms with Crippen molar-refractivity contribution >= 4 is 22.9 Å². The van der Waals surface area contributed by atoms with Gasteiger partial charge in [-0.2, -0.15) is 0 Å². The third-order valence-corrected chi connectivity index (χ3v) is 4.03. The van der Waals surface area contributed by atoms with Crippen LogP contribution >= 0.6 is 11.3 Å². The molecule has 0 atom stereocenters. The van der Waals surface area contributed by atoms with Gasteiger partial charge < -0.3 is 15.4 Å². The fraction of sp³-hybridized carbons (Fsp3) is 0.286. The van der Waals surface area contributed by atoms with Crippen LogP contribution in [0.2, 0.25) is 0 Å². The van der Waals surface area contributed by atoms with Crippen molar-refractivity contribution in [3.05, 3.63) is 34.8 Å². The van der Waals surface area contributed by atoms with E-state index in [4.69, 9.17) is 15.9 Å². The number of hydrogen-bond acceptors (Lipinski definition) is 5. The lowest BCUT2D eigenvalue weighted by Gasteiger charge is -2.11. The summed E-state index contributed by atoms with van der Waals surface area (Å²) in [6.07, 6.45) is 0. The number of nitrogens with zero attached hydrogens (tertiary/aromatic N) is 2. The zero-order chi connectivity index (χ0) is 14.7. The van der Waals surface area contributed by atoms with Gasteiger partial charge in [0.1, 0.15) is 10.8 Å². The highest BCUT2D eigenvalue weighted by Gasteiger charge is 2.14. The molecule has 5 nitrogen and oxygen atoms in total. The van der Waals surface area contributed by atoms with Gasteiger partial charge in [-0.05, 0) is 24.3 Å². The van der Waals surface area contributed by atoms with Crippen LogP contribution in [0.3, 0.4) is 0 Å². The van der Waals surface area contributed by atoms with Crippen LogP contribution in [0, 0.1) is 5.41 Å². The van der Waals surface area contributed by atoms with Gasteiger partial charge in [-0.15, -0.1) is 11.3 Å². The molecule has 0 bridgehead atoms. The Hall–Kier alpha value is -1.92. The molecule has 1 heterocycles. The summed E-state index contributed by atoms with van der Waals surface area (Å²) in [6.45, 7) is 0.362. The van der Waals surface area contributed by atoms with E-state index in [1.54, 1.807) is 7.11 Å². The average Bonchev–Trinajstić information content (AvgIpc) is 2.83. The van der Waals surface area contributed by atoms with E-state index in [2.05, 4.69) is 4.98 Å². The third kappa shape index (κ3) is 2.97. The molecule has 1 aromatic heterocycles. The molecule has 0 fully saturated rings. The lowest BCUT2D eigenvalue weighted by atomic mass is 10.2. The van der Waals surface area contributed by atoms with Gasteiger partial charge in [-0.1, -0.05) is 0 Å². The minimum Gasteiger partial charge on any atom is -0.383 e. The van der Waals surface area contributed by atoms with Gasteiger partial charge in [-0.25, -0.2) is 4.98 Å². The third-order valence-electron chi connectivity index (χ3n) is 2.85. The first-order chi connectivity index (χ1) is 9.52. The van der Waals surface area contributed by atoms with Crippen molar-refractivity contribution in [2.24, 2.45) is 5.73 Å². The van der Waals surface area contributed by atoms with Gasteiger partial charge in [0.15, 0.2) is 0 Å². The first-order valence-corrected chi connectivity index (χ1v) is 6.95. The second kappa shape index (κ2) is 6.02. The van der Waals surface area contributed by atoms with Gasteiger partial charge >= 0.3 is 0 Å². The van der Waals surface area contributed by atoms with Crippen LogP contribution < -0.4 is 10.6 Å². The number of rotatable bonds is 5. The number of anilines is 1. The summed E-state index contributed by atoms with van der Waals surface area (Å²) >= 11 is 1.42. The SMILES string of the molecule is COCc1nc(-c2ccc(N(C)C)cc2)sc1C(=N)N. The zero-order valence-electron chi connectivity index (χ0n) is 11.8. The van der Waals surface area contributed by atoms with Crippen LogP contribution in [0.5, 0.6) is 0 Å². The summed E-state index contributed by atoms with van der Waals surface area (Å²) < 4.78 is 5.10. The molecular weight excluding hydrogens is 272 g/mol. The van der Waals surface area contributed by atoms with Crippen molar-refractivity contribution in [3.8, 4) is 10.6 Å². The van der Waals surface area contributed by atoms with Crippen molar-refractivity contribution in [1.82, 2.24) is 4.98 Å². The van der Waals surface area contributed by atoms with Crippen molar-refractivity contribution < 1.29 is 4.74 Å². The van der Waals surface area contributed by atoms with Crippen molar-refractivity contribution in [3.63, 3.8) is 0 Å². The number of benzene rings is 1. The molecule has 0 saturated carbocycles. The van der Waals surface area contributed by atoms with Crippen LogP contribution in [-0.4, -0.2) is 32.0 Å². The maximum absolute atomic E-state index is 7.61. The quantitative estimate of drug-likeness (QED) is 0.654. The number of methoxy groups -OCH3 is 1. The molecule has 0 saturated heterocycles. The van der Waals surface area contributed by atoms with Crippen LogP contribution in [0.4, 0.5) is 5.69 Å². The number of amidine groups is 1. The zero-order valence-corrected chi connectivity index (χ0v) is 12.6. The van der Waals surface area contributed by atoms with Crippen LogP contribution in [0.1, 0.15) is 10.6 Å². The number of hydrogen-bond donors (Lipinski definition) is 2. The van der Waals surface area contributed by atoms with Crippen LogP contribution in [-0.2, 0) is 11.3 Å². The normalized spacial score (nSPS) is 10.6. The second-order valence-corrected chi connectivity index (χ2v) is 5.58. The smallest absolute Gasteiger partial charge is 0.135 e. The molecular formula is C14H18N4OS. The Bertz CT molecular complexity index is 604. The van der Waals surface area contributed by atoms with Crippen molar-refractivity contribution in [1.29, 1.82) is 5.41 Å². The number of ether oxygens (including phenoxy) is 1. The molecule has 2 aromatic rings. The van der Waals surface area contributed by atoms with E-state index in [0.29, 0.717) is 11.5 Å². The highest BCUT2D eigenvalue weighted by Crippen LogP contribution is 2.29. The minimum absolute atomic E-state index is 0.0331. The summed E-state index contributed by atoms with van der Waals surface area (Å²) in [7, 11) is 5.61. The molecule has 20 heavy (non-hydrogen) atoms. The molecule has 2 rings (SSSR count). The fourth-order valence-corrected chi connectivity index (χ4v) is 2.76. The lowest BCUT2D eigenvalue weighted by Crippen LogP contribution is -2.11. The first kappa shape index (κ1) is 14.5. The molecule has 0 aliphatic heterocycles.